The predicted octanol–water partition coefficient (Wildman–Crippen LogP) is 4.47. The average Bonchev–Trinajstić information content (AvgIpc) is 3.32. The number of nitrogens with zero attached hydrogens (tertiary/aromatic N) is 3. The Kier molecular flexibility index (Phi) is 8.81. The van der Waals surface area contributed by atoms with Crippen LogP contribution in [-0.4, -0.2) is 36.6 Å². The number of oxazole rings is 1. The zero-order valence-corrected chi connectivity index (χ0v) is 19.3. The van der Waals surface area contributed by atoms with Gasteiger partial charge in [0.1, 0.15) is 5.75 Å². The van der Waals surface area contributed by atoms with Gasteiger partial charge in [0.25, 0.3) is 5.91 Å². The monoisotopic (exact) mass is 461 g/mol. The minimum Gasteiger partial charge on any atom is -0.494 e. The Balaban J connectivity index is 1.51. The first kappa shape index (κ1) is 24.5. The fourth-order valence-electron chi connectivity index (χ4n) is 3.23. The number of esters is 1. The molecule has 0 bridgehead atoms. The van der Waals surface area contributed by atoms with Crippen molar-refractivity contribution in [2.75, 3.05) is 24.7 Å². The molecule has 0 aliphatic heterocycles. The molecule has 0 radical (unpaired) electrons. The minimum absolute atomic E-state index is 0.0301. The molecule has 2 aromatic carbocycles. The molecular formula is C26H27N3O5. The van der Waals surface area contributed by atoms with Crippen molar-refractivity contribution in [3.8, 4) is 23.1 Å². The molecule has 3 rings (SSSR count). The second-order valence-electron chi connectivity index (χ2n) is 7.53. The maximum atomic E-state index is 12.7. The van der Waals surface area contributed by atoms with E-state index in [4.69, 9.17) is 19.2 Å². The largest absolute Gasteiger partial charge is 0.494 e. The zero-order chi connectivity index (χ0) is 24.3. The first-order valence-corrected chi connectivity index (χ1v) is 11.1. The number of ether oxygens (including phenoxy) is 2. The number of carbonyl (C=O) groups excluding carboxylic acids is 2. The SMILES string of the molecule is CCOc1ccc(N(CCC#N)C(=O)COC(=O)CCc2ncc(-c3ccc(C)cc3)o2)cc1. The molecule has 1 amide bonds. The second-order valence-corrected chi connectivity index (χ2v) is 7.53. The summed E-state index contributed by atoms with van der Waals surface area (Å²) in [5, 5.41) is 8.93. The molecule has 0 aliphatic carbocycles. The molecule has 0 unspecified atom stereocenters. The summed E-state index contributed by atoms with van der Waals surface area (Å²) in [6.45, 7) is 4.20. The van der Waals surface area contributed by atoms with Gasteiger partial charge in [0.05, 0.1) is 31.7 Å². The molecular weight excluding hydrogens is 434 g/mol. The Morgan fingerprint density at radius 3 is 2.53 bits per heavy atom. The third-order valence-electron chi connectivity index (χ3n) is 5.00. The fraction of sp³-hybridized carbons (Fsp3) is 0.308. The van der Waals surface area contributed by atoms with Gasteiger partial charge in [-0.05, 0) is 38.1 Å². The van der Waals surface area contributed by atoms with E-state index in [1.165, 1.54) is 4.90 Å². The van der Waals surface area contributed by atoms with Crippen molar-refractivity contribution in [1.29, 1.82) is 5.26 Å². The molecule has 0 spiro atoms. The van der Waals surface area contributed by atoms with Crippen LogP contribution in [0.5, 0.6) is 5.75 Å². The van der Waals surface area contributed by atoms with Crippen LogP contribution in [0.2, 0.25) is 0 Å². The van der Waals surface area contributed by atoms with Gasteiger partial charge in [-0.15, -0.1) is 0 Å². The molecule has 0 N–H and O–H groups in total. The molecule has 0 saturated carbocycles. The van der Waals surface area contributed by atoms with Gasteiger partial charge in [0, 0.05) is 24.2 Å². The molecule has 1 aromatic heterocycles. The van der Waals surface area contributed by atoms with Crippen LogP contribution < -0.4 is 9.64 Å². The lowest BCUT2D eigenvalue weighted by molar-refractivity contribution is -0.147. The summed E-state index contributed by atoms with van der Waals surface area (Å²) in [5.41, 5.74) is 2.65. The van der Waals surface area contributed by atoms with Crippen molar-refractivity contribution >= 4 is 17.6 Å². The normalized spacial score (nSPS) is 10.4. The van der Waals surface area contributed by atoms with Crippen LogP contribution in [0.25, 0.3) is 11.3 Å². The van der Waals surface area contributed by atoms with Gasteiger partial charge in [0.2, 0.25) is 0 Å². The molecule has 3 aromatic rings. The molecule has 0 saturated heterocycles. The van der Waals surface area contributed by atoms with E-state index in [0.717, 1.165) is 11.1 Å². The van der Waals surface area contributed by atoms with Crippen LogP contribution >= 0.6 is 0 Å². The lowest BCUT2D eigenvalue weighted by atomic mass is 10.1. The summed E-state index contributed by atoms with van der Waals surface area (Å²) in [6, 6.07) is 16.9. The maximum absolute atomic E-state index is 12.7. The van der Waals surface area contributed by atoms with E-state index in [9.17, 15) is 9.59 Å². The van der Waals surface area contributed by atoms with Gasteiger partial charge in [-0.2, -0.15) is 5.26 Å². The molecule has 8 nitrogen and oxygen atoms in total. The molecule has 176 valence electrons. The molecule has 0 aliphatic rings. The summed E-state index contributed by atoms with van der Waals surface area (Å²) in [7, 11) is 0. The van der Waals surface area contributed by atoms with Gasteiger partial charge in [-0.25, -0.2) is 4.98 Å². The Labute approximate surface area is 198 Å². The quantitative estimate of drug-likeness (QED) is 0.388. The lowest BCUT2D eigenvalue weighted by Crippen LogP contribution is -2.35. The Morgan fingerprint density at radius 2 is 1.85 bits per heavy atom. The number of hydrogen-bond acceptors (Lipinski definition) is 7. The number of rotatable bonds is 11. The minimum atomic E-state index is -0.532. The highest BCUT2D eigenvalue weighted by Crippen LogP contribution is 2.22. The van der Waals surface area contributed by atoms with Crippen molar-refractivity contribution in [2.24, 2.45) is 0 Å². The zero-order valence-electron chi connectivity index (χ0n) is 19.3. The van der Waals surface area contributed by atoms with Crippen LogP contribution in [0.4, 0.5) is 5.69 Å². The Hall–Kier alpha value is -4.12. The van der Waals surface area contributed by atoms with Crippen LogP contribution in [0, 0.1) is 18.3 Å². The van der Waals surface area contributed by atoms with E-state index >= 15 is 0 Å². The highest BCUT2D eigenvalue weighted by Gasteiger charge is 2.18. The summed E-state index contributed by atoms with van der Waals surface area (Å²) >= 11 is 0. The van der Waals surface area contributed by atoms with Crippen molar-refractivity contribution in [3.05, 3.63) is 66.2 Å². The van der Waals surface area contributed by atoms with Crippen molar-refractivity contribution in [1.82, 2.24) is 4.98 Å². The number of nitriles is 1. The van der Waals surface area contributed by atoms with Gasteiger partial charge in [0.15, 0.2) is 18.3 Å². The van der Waals surface area contributed by atoms with Crippen LogP contribution in [0.3, 0.4) is 0 Å². The Morgan fingerprint density at radius 1 is 1.12 bits per heavy atom. The summed E-state index contributed by atoms with van der Waals surface area (Å²) in [4.78, 5) is 30.5. The maximum Gasteiger partial charge on any atom is 0.306 e. The van der Waals surface area contributed by atoms with Crippen molar-refractivity contribution in [3.63, 3.8) is 0 Å². The van der Waals surface area contributed by atoms with Gasteiger partial charge in [-0.1, -0.05) is 29.8 Å². The number of aryl methyl sites for hydroxylation is 2. The second kappa shape index (κ2) is 12.2. The number of amides is 1. The van der Waals surface area contributed by atoms with E-state index in [0.29, 0.717) is 29.7 Å². The standard InChI is InChI=1S/C26H27N3O5/c1-3-32-22-11-9-21(10-12-22)29(16-4-15-27)25(30)18-33-26(31)14-13-24-28-17-23(34-24)20-7-5-19(2)6-8-20/h5-12,17H,3-4,13-14,16,18H2,1-2H3. The van der Waals surface area contributed by atoms with E-state index in [1.807, 2.05) is 44.2 Å². The molecule has 0 fully saturated rings. The number of aromatic nitrogens is 1. The number of hydrogen-bond donors (Lipinski definition) is 0. The molecule has 8 heteroatoms. The first-order valence-electron chi connectivity index (χ1n) is 11.1. The molecule has 0 atom stereocenters. The van der Waals surface area contributed by atoms with Gasteiger partial charge < -0.3 is 18.8 Å². The van der Waals surface area contributed by atoms with Crippen molar-refractivity contribution in [2.45, 2.75) is 33.1 Å². The third kappa shape index (κ3) is 6.94. The lowest BCUT2D eigenvalue weighted by Gasteiger charge is -2.22. The summed E-state index contributed by atoms with van der Waals surface area (Å²) in [6.07, 6.45) is 2.07. The first-order chi connectivity index (χ1) is 16.5. The van der Waals surface area contributed by atoms with Gasteiger partial charge >= 0.3 is 5.97 Å². The summed E-state index contributed by atoms with van der Waals surface area (Å²) < 4.78 is 16.3. The molecule has 34 heavy (non-hydrogen) atoms. The number of carbonyl (C=O) groups is 2. The fourth-order valence-corrected chi connectivity index (χ4v) is 3.23. The van der Waals surface area contributed by atoms with Gasteiger partial charge in [-0.3, -0.25) is 9.59 Å². The van der Waals surface area contributed by atoms with E-state index in [1.54, 1.807) is 30.5 Å². The molecule has 1 heterocycles. The average molecular weight is 462 g/mol. The van der Waals surface area contributed by atoms with E-state index in [-0.39, 0.29) is 25.8 Å². The number of anilines is 1. The topological polar surface area (TPSA) is 106 Å². The van der Waals surface area contributed by atoms with Crippen LogP contribution in [0.15, 0.2) is 59.1 Å². The van der Waals surface area contributed by atoms with Crippen LogP contribution in [0.1, 0.15) is 31.2 Å². The third-order valence-corrected chi connectivity index (χ3v) is 5.00. The predicted molar refractivity (Wildman–Crippen MR) is 126 cm³/mol. The highest BCUT2D eigenvalue weighted by atomic mass is 16.5. The van der Waals surface area contributed by atoms with E-state index in [2.05, 4.69) is 4.98 Å². The highest BCUT2D eigenvalue weighted by molar-refractivity contribution is 5.95. The Bertz CT molecular complexity index is 1130. The smallest absolute Gasteiger partial charge is 0.306 e. The summed E-state index contributed by atoms with van der Waals surface area (Å²) in [5.74, 6) is 0.786. The van der Waals surface area contributed by atoms with E-state index < -0.39 is 18.5 Å². The van der Waals surface area contributed by atoms with Crippen LogP contribution in [-0.2, 0) is 20.7 Å². The number of benzene rings is 2. The van der Waals surface area contributed by atoms with Crippen molar-refractivity contribution < 1.29 is 23.5 Å².